The highest BCUT2D eigenvalue weighted by molar-refractivity contribution is 5.32. The van der Waals surface area contributed by atoms with Gasteiger partial charge in [-0.3, -0.25) is 0 Å². The van der Waals surface area contributed by atoms with Crippen LogP contribution in [0.1, 0.15) is 38.5 Å². The molecule has 3 heteroatoms. The van der Waals surface area contributed by atoms with Gasteiger partial charge in [0.1, 0.15) is 5.82 Å². The quantitative estimate of drug-likeness (QED) is 0.770. The maximum atomic E-state index is 9.85. The van der Waals surface area contributed by atoms with Gasteiger partial charge in [-0.1, -0.05) is 18.9 Å². The van der Waals surface area contributed by atoms with E-state index in [4.69, 9.17) is 0 Å². The van der Waals surface area contributed by atoms with Crippen molar-refractivity contribution in [2.75, 3.05) is 11.9 Å². The van der Waals surface area contributed by atoms with Crippen LogP contribution in [-0.2, 0) is 0 Å². The molecule has 1 aromatic heterocycles. The van der Waals surface area contributed by atoms with Gasteiger partial charge in [-0.2, -0.15) is 0 Å². The summed E-state index contributed by atoms with van der Waals surface area (Å²) in [5.41, 5.74) is 0. The van der Waals surface area contributed by atoms with E-state index in [1.165, 1.54) is 19.3 Å². The molecule has 0 saturated heterocycles. The van der Waals surface area contributed by atoms with Gasteiger partial charge >= 0.3 is 0 Å². The molecule has 1 aliphatic rings. The third-order valence-electron chi connectivity index (χ3n) is 3.59. The molecule has 1 heterocycles. The van der Waals surface area contributed by atoms with Gasteiger partial charge in [-0.25, -0.2) is 4.98 Å². The summed E-state index contributed by atoms with van der Waals surface area (Å²) in [6.07, 6.45) is 8.66. The van der Waals surface area contributed by atoms with Crippen LogP contribution in [0, 0.1) is 5.92 Å². The molecule has 0 radical (unpaired) electrons. The lowest BCUT2D eigenvalue weighted by Crippen LogP contribution is -2.24. The molecule has 0 aliphatic heterocycles. The van der Waals surface area contributed by atoms with Crippen LogP contribution in [0.3, 0.4) is 0 Å². The van der Waals surface area contributed by atoms with E-state index < -0.39 is 0 Å². The zero-order valence-corrected chi connectivity index (χ0v) is 10.3. The van der Waals surface area contributed by atoms with Gasteiger partial charge < -0.3 is 10.4 Å². The second-order valence-corrected chi connectivity index (χ2v) is 4.90. The predicted molar refractivity (Wildman–Crippen MR) is 69.9 cm³/mol. The summed E-state index contributed by atoms with van der Waals surface area (Å²) in [7, 11) is 0. The molecule has 1 fully saturated rings. The van der Waals surface area contributed by atoms with E-state index >= 15 is 0 Å². The second-order valence-electron chi connectivity index (χ2n) is 4.90. The molecule has 0 aromatic carbocycles. The summed E-state index contributed by atoms with van der Waals surface area (Å²) < 4.78 is 0. The van der Waals surface area contributed by atoms with Crippen molar-refractivity contribution in [1.82, 2.24) is 4.98 Å². The Morgan fingerprint density at radius 1 is 1.29 bits per heavy atom. The Balaban J connectivity index is 1.63. The van der Waals surface area contributed by atoms with Crippen molar-refractivity contribution in [1.29, 1.82) is 0 Å². The first-order valence-corrected chi connectivity index (χ1v) is 6.69. The average molecular weight is 234 g/mol. The Morgan fingerprint density at radius 2 is 2.18 bits per heavy atom. The minimum absolute atomic E-state index is 0.0569. The molecular weight excluding hydrogens is 212 g/mol. The molecule has 0 spiro atoms. The van der Waals surface area contributed by atoms with E-state index in [2.05, 4.69) is 10.3 Å². The summed E-state index contributed by atoms with van der Waals surface area (Å²) in [4.78, 5) is 4.22. The fourth-order valence-electron chi connectivity index (χ4n) is 2.57. The SMILES string of the molecule is OC1CCCCC1CCCNc1ccccn1. The van der Waals surface area contributed by atoms with Gasteiger partial charge in [0.05, 0.1) is 6.10 Å². The van der Waals surface area contributed by atoms with Crippen molar-refractivity contribution >= 4 is 5.82 Å². The number of anilines is 1. The maximum absolute atomic E-state index is 9.85. The van der Waals surface area contributed by atoms with Crippen LogP contribution in [0.5, 0.6) is 0 Å². The zero-order chi connectivity index (χ0) is 11.9. The standard InChI is InChI=1S/C14H22N2O/c17-13-8-2-1-6-12(13)7-5-11-16-14-9-3-4-10-15-14/h3-4,9-10,12-13,17H,1-2,5-8,11H2,(H,15,16). The molecule has 2 rings (SSSR count). The van der Waals surface area contributed by atoms with Crippen LogP contribution < -0.4 is 5.32 Å². The van der Waals surface area contributed by atoms with Crippen molar-refractivity contribution in [2.24, 2.45) is 5.92 Å². The first-order valence-electron chi connectivity index (χ1n) is 6.69. The molecule has 1 aliphatic carbocycles. The highest BCUT2D eigenvalue weighted by Gasteiger charge is 2.21. The Morgan fingerprint density at radius 3 is 2.94 bits per heavy atom. The molecule has 94 valence electrons. The van der Waals surface area contributed by atoms with Gasteiger partial charge in [0.25, 0.3) is 0 Å². The summed E-state index contributed by atoms with van der Waals surface area (Å²) in [6.45, 7) is 0.945. The van der Waals surface area contributed by atoms with E-state index in [1.807, 2.05) is 18.2 Å². The topological polar surface area (TPSA) is 45.1 Å². The van der Waals surface area contributed by atoms with E-state index in [9.17, 15) is 5.11 Å². The number of rotatable bonds is 5. The molecule has 1 aromatic rings. The number of hydrogen-bond acceptors (Lipinski definition) is 3. The molecular formula is C14H22N2O. The molecule has 0 bridgehead atoms. The largest absolute Gasteiger partial charge is 0.393 e. The van der Waals surface area contributed by atoms with Crippen molar-refractivity contribution < 1.29 is 5.11 Å². The molecule has 2 unspecified atom stereocenters. The number of nitrogens with zero attached hydrogens (tertiary/aromatic N) is 1. The van der Waals surface area contributed by atoms with Gasteiger partial charge in [0.2, 0.25) is 0 Å². The van der Waals surface area contributed by atoms with Gasteiger partial charge in [-0.15, -0.1) is 0 Å². The minimum atomic E-state index is -0.0569. The average Bonchev–Trinajstić information content (AvgIpc) is 2.38. The first-order chi connectivity index (χ1) is 8.36. The predicted octanol–water partition coefficient (Wildman–Crippen LogP) is 2.82. The number of aliphatic hydroxyl groups excluding tert-OH is 1. The minimum Gasteiger partial charge on any atom is -0.393 e. The van der Waals surface area contributed by atoms with Crippen molar-refractivity contribution in [2.45, 2.75) is 44.6 Å². The molecule has 2 atom stereocenters. The molecule has 17 heavy (non-hydrogen) atoms. The van der Waals surface area contributed by atoms with Crippen LogP contribution in [0.25, 0.3) is 0 Å². The Bertz CT molecular complexity index is 315. The Kier molecular flexibility index (Phi) is 4.80. The van der Waals surface area contributed by atoms with E-state index in [-0.39, 0.29) is 6.10 Å². The molecule has 2 N–H and O–H groups in total. The Labute approximate surface area is 103 Å². The van der Waals surface area contributed by atoms with Gasteiger partial charge in [0, 0.05) is 12.7 Å². The molecule has 0 amide bonds. The highest BCUT2D eigenvalue weighted by Crippen LogP contribution is 2.27. The summed E-state index contributed by atoms with van der Waals surface area (Å²) in [5.74, 6) is 1.46. The number of pyridine rings is 1. The summed E-state index contributed by atoms with van der Waals surface area (Å²) in [6, 6.07) is 5.89. The van der Waals surface area contributed by atoms with Crippen LogP contribution in [-0.4, -0.2) is 22.7 Å². The lowest BCUT2D eigenvalue weighted by Gasteiger charge is -2.27. The second kappa shape index (κ2) is 6.60. The lowest BCUT2D eigenvalue weighted by molar-refractivity contribution is 0.0648. The Hall–Kier alpha value is -1.09. The summed E-state index contributed by atoms with van der Waals surface area (Å²) >= 11 is 0. The van der Waals surface area contributed by atoms with E-state index in [0.29, 0.717) is 5.92 Å². The van der Waals surface area contributed by atoms with Crippen LogP contribution >= 0.6 is 0 Å². The fraction of sp³-hybridized carbons (Fsp3) is 0.643. The smallest absolute Gasteiger partial charge is 0.125 e. The number of aliphatic hydroxyl groups is 1. The first kappa shape index (κ1) is 12.4. The molecule has 3 nitrogen and oxygen atoms in total. The number of hydrogen-bond donors (Lipinski definition) is 2. The molecule has 1 saturated carbocycles. The van der Waals surface area contributed by atoms with Crippen LogP contribution in [0.15, 0.2) is 24.4 Å². The monoisotopic (exact) mass is 234 g/mol. The van der Waals surface area contributed by atoms with Crippen molar-refractivity contribution in [3.63, 3.8) is 0 Å². The van der Waals surface area contributed by atoms with Crippen molar-refractivity contribution in [3.8, 4) is 0 Å². The number of nitrogens with one attached hydrogen (secondary N) is 1. The fourth-order valence-corrected chi connectivity index (χ4v) is 2.57. The third kappa shape index (κ3) is 4.00. The number of aromatic nitrogens is 1. The van der Waals surface area contributed by atoms with E-state index in [1.54, 1.807) is 6.20 Å². The van der Waals surface area contributed by atoms with Crippen molar-refractivity contribution in [3.05, 3.63) is 24.4 Å². The van der Waals surface area contributed by atoms with Gasteiger partial charge in [0.15, 0.2) is 0 Å². The lowest BCUT2D eigenvalue weighted by atomic mass is 9.83. The zero-order valence-electron chi connectivity index (χ0n) is 10.3. The van der Waals surface area contributed by atoms with Crippen LogP contribution in [0.2, 0.25) is 0 Å². The van der Waals surface area contributed by atoms with Crippen LogP contribution in [0.4, 0.5) is 5.82 Å². The normalized spacial score (nSPS) is 24.5. The maximum Gasteiger partial charge on any atom is 0.125 e. The van der Waals surface area contributed by atoms with E-state index in [0.717, 1.165) is 31.6 Å². The third-order valence-corrected chi connectivity index (χ3v) is 3.59. The highest BCUT2D eigenvalue weighted by atomic mass is 16.3. The van der Waals surface area contributed by atoms with Gasteiger partial charge in [-0.05, 0) is 43.7 Å². The summed E-state index contributed by atoms with van der Waals surface area (Å²) in [5, 5.41) is 13.2.